The second kappa shape index (κ2) is 9.89. The number of rotatable bonds is 7. The van der Waals surface area contributed by atoms with E-state index in [-0.39, 0.29) is 16.7 Å². The number of aromatic nitrogens is 3. The molecule has 0 radical (unpaired) electrons. The SMILES string of the molecule is CC(Sc1nnc(-c2ccc(OC(F)F)cc2)n1N)C(=O)NC(=O)Nc1ccccc1. The summed E-state index contributed by atoms with van der Waals surface area (Å²) in [4.78, 5) is 24.3. The van der Waals surface area contributed by atoms with Crippen LogP contribution in [0.3, 0.4) is 0 Å². The molecular weight excluding hydrogens is 430 g/mol. The van der Waals surface area contributed by atoms with E-state index in [0.29, 0.717) is 11.3 Å². The third-order valence-electron chi connectivity index (χ3n) is 3.92. The predicted molar refractivity (Wildman–Crippen MR) is 111 cm³/mol. The summed E-state index contributed by atoms with van der Waals surface area (Å²) in [5.41, 5.74) is 1.06. The molecule has 0 aliphatic heterocycles. The Morgan fingerprint density at radius 3 is 2.42 bits per heavy atom. The number of halogens is 2. The summed E-state index contributed by atoms with van der Waals surface area (Å²) >= 11 is 1.00. The maximum Gasteiger partial charge on any atom is 0.387 e. The second-order valence-corrected chi connectivity index (χ2v) is 7.46. The van der Waals surface area contributed by atoms with Gasteiger partial charge in [0.15, 0.2) is 5.82 Å². The monoisotopic (exact) mass is 448 g/mol. The zero-order valence-corrected chi connectivity index (χ0v) is 17.0. The number of carbonyl (C=O) groups excluding carboxylic acids is 2. The molecule has 3 aromatic rings. The molecule has 1 heterocycles. The van der Waals surface area contributed by atoms with Crippen LogP contribution in [0.25, 0.3) is 11.4 Å². The van der Waals surface area contributed by atoms with Crippen molar-refractivity contribution in [1.29, 1.82) is 0 Å². The van der Waals surface area contributed by atoms with Crippen molar-refractivity contribution in [3.8, 4) is 17.1 Å². The first kappa shape index (κ1) is 22.0. The van der Waals surface area contributed by atoms with Gasteiger partial charge in [0.25, 0.3) is 0 Å². The topological polar surface area (TPSA) is 124 Å². The number of amides is 3. The minimum Gasteiger partial charge on any atom is -0.435 e. The average molecular weight is 448 g/mol. The molecule has 4 N–H and O–H groups in total. The molecule has 0 aliphatic rings. The third kappa shape index (κ3) is 5.92. The number of ether oxygens (including phenoxy) is 1. The number of para-hydroxylation sites is 1. The lowest BCUT2D eigenvalue weighted by atomic mass is 10.2. The highest BCUT2D eigenvalue weighted by atomic mass is 32.2. The molecule has 1 aromatic heterocycles. The first-order valence-corrected chi connectivity index (χ1v) is 9.80. The Bertz CT molecular complexity index is 1050. The van der Waals surface area contributed by atoms with Gasteiger partial charge in [0.2, 0.25) is 11.1 Å². The normalized spacial score (nSPS) is 11.7. The zero-order valence-electron chi connectivity index (χ0n) is 16.2. The number of carbonyl (C=O) groups is 2. The summed E-state index contributed by atoms with van der Waals surface area (Å²) in [6, 6.07) is 13.7. The Labute approximate surface area is 179 Å². The molecule has 0 saturated heterocycles. The number of thioether (sulfide) groups is 1. The standard InChI is InChI=1S/C19H18F2N6O3S/c1-11(16(28)24-18(29)23-13-5-3-2-4-6-13)31-19-26-25-15(27(19)22)12-7-9-14(10-8-12)30-17(20)21/h2-11,17H,22H2,1H3,(H2,23,24,28,29). The Balaban J connectivity index is 1.60. The molecule has 0 fully saturated rings. The van der Waals surface area contributed by atoms with E-state index in [2.05, 4.69) is 25.6 Å². The smallest absolute Gasteiger partial charge is 0.387 e. The fourth-order valence-electron chi connectivity index (χ4n) is 2.45. The summed E-state index contributed by atoms with van der Waals surface area (Å²) in [6.45, 7) is -1.34. The van der Waals surface area contributed by atoms with E-state index in [9.17, 15) is 18.4 Å². The van der Waals surface area contributed by atoms with Gasteiger partial charge < -0.3 is 15.9 Å². The lowest BCUT2D eigenvalue weighted by molar-refractivity contribution is -0.119. The molecule has 1 atom stereocenters. The van der Waals surface area contributed by atoms with Crippen LogP contribution in [-0.4, -0.2) is 38.7 Å². The third-order valence-corrected chi connectivity index (χ3v) is 4.98. The van der Waals surface area contributed by atoms with Gasteiger partial charge in [0.05, 0.1) is 5.25 Å². The number of nitrogens with zero attached hydrogens (tertiary/aromatic N) is 3. The largest absolute Gasteiger partial charge is 0.435 e. The van der Waals surface area contributed by atoms with E-state index in [4.69, 9.17) is 5.84 Å². The Hall–Kier alpha value is -3.67. The van der Waals surface area contributed by atoms with Crippen LogP contribution in [0.4, 0.5) is 19.3 Å². The number of imide groups is 1. The van der Waals surface area contributed by atoms with Crippen molar-refractivity contribution in [3.05, 3.63) is 54.6 Å². The van der Waals surface area contributed by atoms with Crippen LogP contribution >= 0.6 is 11.8 Å². The molecular formula is C19H18F2N6O3S. The van der Waals surface area contributed by atoms with Crippen molar-refractivity contribution in [1.82, 2.24) is 20.2 Å². The van der Waals surface area contributed by atoms with Crippen LogP contribution in [-0.2, 0) is 4.79 Å². The van der Waals surface area contributed by atoms with E-state index in [1.54, 1.807) is 37.3 Å². The Morgan fingerprint density at radius 2 is 1.77 bits per heavy atom. The molecule has 162 valence electrons. The van der Waals surface area contributed by atoms with E-state index < -0.39 is 23.8 Å². The fraction of sp³-hybridized carbons (Fsp3) is 0.158. The minimum absolute atomic E-state index is 0.00416. The van der Waals surface area contributed by atoms with E-state index in [0.717, 1.165) is 11.8 Å². The molecule has 3 rings (SSSR count). The summed E-state index contributed by atoms with van der Waals surface area (Å²) in [6.07, 6.45) is 0. The number of hydrogen-bond acceptors (Lipinski definition) is 7. The number of nitrogen functional groups attached to an aromatic ring is 1. The second-order valence-electron chi connectivity index (χ2n) is 6.15. The molecule has 0 saturated carbocycles. The van der Waals surface area contributed by atoms with Gasteiger partial charge in [-0.2, -0.15) is 8.78 Å². The van der Waals surface area contributed by atoms with Crippen molar-refractivity contribution >= 4 is 29.4 Å². The van der Waals surface area contributed by atoms with Gasteiger partial charge >= 0.3 is 12.6 Å². The summed E-state index contributed by atoms with van der Waals surface area (Å²) < 4.78 is 30.0. The molecule has 9 nitrogen and oxygen atoms in total. The number of anilines is 1. The van der Waals surface area contributed by atoms with Crippen LogP contribution in [0.5, 0.6) is 5.75 Å². The van der Waals surface area contributed by atoms with Crippen LogP contribution in [0.15, 0.2) is 59.8 Å². The maximum atomic E-state index is 12.3. The highest BCUT2D eigenvalue weighted by Crippen LogP contribution is 2.26. The van der Waals surface area contributed by atoms with Gasteiger partial charge in [-0.1, -0.05) is 30.0 Å². The van der Waals surface area contributed by atoms with Crippen molar-refractivity contribution in [2.24, 2.45) is 0 Å². The summed E-state index contributed by atoms with van der Waals surface area (Å²) in [5.74, 6) is 5.73. The fourth-order valence-corrected chi connectivity index (χ4v) is 3.22. The summed E-state index contributed by atoms with van der Waals surface area (Å²) in [7, 11) is 0. The highest BCUT2D eigenvalue weighted by Gasteiger charge is 2.21. The lowest BCUT2D eigenvalue weighted by Gasteiger charge is -2.11. The van der Waals surface area contributed by atoms with Crippen molar-refractivity contribution < 1.29 is 23.1 Å². The minimum atomic E-state index is -2.92. The number of benzene rings is 2. The van der Waals surface area contributed by atoms with Crippen LogP contribution in [0.1, 0.15) is 6.92 Å². The number of urea groups is 1. The molecule has 3 amide bonds. The highest BCUT2D eigenvalue weighted by molar-refractivity contribution is 8.00. The van der Waals surface area contributed by atoms with Crippen molar-refractivity contribution in [3.63, 3.8) is 0 Å². The van der Waals surface area contributed by atoms with E-state index in [1.165, 1.54) is 28.9 Å². The molecule has 0 spiro atoms. The van der Waals surface area contributed by atoms with Crippen LogP contribution in [0, 0.1) is 0 Å². The van der Waals surface area contributed by atoms with E-state index in [1.807, 2.05) is 0 Å². The van der Waals surface area contributed by atoms with Gasteiger partial charge in [-0.15, -0.1) is 10.2 Å². The molecule has 12 heteroatoms. The quantitative estimate of drug-likeness (QED) is 0.375. The van der Waals surface area contributed by atoms with E-state index >= 15 is 0 Å². The average Bonchev–Trinajstić information content (AvgIpc) is 3.09. The number of nitrogens with one attached hydrogen (secondary N) is 2. The predicted octanol–water partition coefficient (Wildman–Crippen LogP) is 3.09. The van der Waals surface area contributed by atoms with Gasteiger partial charge in [-0.25, -0.2) is 9.47 Å². The number of hydrogen-bond donors (Lipinski definition) is 3. The van der Waals surface area contributed by atoms with Gasteiger partial charge in [0, 0.05) is 11.3 Å². The number of alkyl halides is 2. The molecule has 0 aliphatic carbocycles. The first-order valence-electron chi connectivity index (χ1n) is 8.93. The first-order chi connectivity index (χ1) is 14.8. The van der Waals surface area contributed by atoms with Crippen molar-refractivity contribution in [2.45, 2.75) is 23.9 Å². The molecule has 2 aromatic carbocycles. The van der Waals surface area contributed by atoms with Gasteiger partial charge in [0.1, 0.15) is 5.75 Å². The number of nitrogens with two attached hydrogens (primary N) is 1. The summed E-state index contributed by atoms with van der Waals surface area (Å²) in [5, 5.41) is 12.2. The van der Waals surface area contributed by atoms with Gasteiger partial charge in [-0.3, -0.25) is 10.1 Å². The van der Waals surface area contributed by atoms with Crippen LogP contribution in [0.2, 0.25) is 0 Å². The zero-order chi connectivity index (χ0) is 22.4. The maximum absolute atomic E-state index is 12.3. The molecule has 31 heavy (non-hydrogen) atoms. The lowest BCUT2D eigenvalue weighted by Crippen LogP contribution is -2.39. The van der Waals surface area contributed by atoms with Crippen LogP contribution < -0.4 is 21.2 Å². The molecule has 0 bridgehead atoms. The van der Waals surface area contributed by atoms with Gasteiger partial charge in [-0.05, 0) is 43.3 Å². The van der Waals surface area contributed by atoms with Crippen molar-refractivity contribution in [2.75, 3.05) is 11.2 Å². The molecule has 1 unspecified atom stereocenters. The Morgan fingerprint density at radius 1 is 1.10 bits per heavy atom. The Kier molecular flexibility index (Phi) is 7.03.